The molecule has 3 rings (SSSR count). The lowest BCUT2D eigenvalue weighted by molar-refractivity contribution is 0.247. The number of hydrogen-bond acceptors (Lipinski definition) is 4. The maximum atomic E-state index is 5.77. The van der Waals surface area contributed by atoms with E-state index in [-0.39, 0.29) is 0 Å². The summed E-state index contributed by atoms with van der Waals surface area (Å²) < 4.78 is 5.45. The molecule has 0 bridgehead atoms. The molecule has 2 N–H and O–H groups in total. The van der Waals surface area contributed by atoms with Gasteiger partial charge in [0.2, 0.25) is 0 Å². The number of rotatable bonds is 4. The maximum Gasteiger partial charge on any atom is 0.167 e. The van der Waals surface area contributed by atoms with E-state index in [4.69, 9.17) is 10.3 Å². The summed E-state index contributed by atoms with van der Waals surface area (Å²) in [7, 11) is 0. The zero-order valence-electron chi connectivity index (χ0n) is 11.8. The molecule has 106 valence electrons. The normalized spacial score (nSPS) is 23.3. The van der Waals surface area contributed by atoms with Crippen molar-refractivity contribution in [3.8, 4) is 11.3 Å². The predicted molar refractivity (Wildman–Crippen MR) is 79.0 cm³/mol. The van der Waals surface area contributed by atoms with Crippen molar-refractivity contribution >= 4 is 0 Å². The molecule has 2 heterocycles. The summed E-state index contributed by atoms with van der Waals surface area (Å²) in [4.78, 5) is 2.43. The predicted octanol–water partition coefficient (Wildman–Crippen LogP) is 2.51. The molecule has 1 aromatic carbocycles. The molecule has 2 atom stereocenters. The van der Waals surface area contributed by atoms with Gasteiger partial charge in [0.25, 0.3) is 0 Å². The minimum Gasteiger partial charge on any atom is -0.356 e. The van der Waals surface area contributed by atoms with Crippen LogP contribution in [0.2, 0.25) is 0 Å². The molecule has 4 heteroatoms. The van der Waals surface area contributed by atoms with Gasteiger partial charge in [-0.25, -0.2) is 0 Å². The minimum absolute atomic E-state index is 0.570. The van der Waals surface area contributed by atoms with Gasteiger partial charge in [-0.3, -0.25) is 4.90 Å². The number of nitrogens with two attached hydrogens (primary N) is 1. The van der Waals surface area contributed by atoms with E-state index in [0.717, 1.165) is 36.7 Å². The second-order valence-corrected chi connectivity index (χ2v) is 5.66. The van der Waals surface area contributed by atoms with Crippen molar-refractivity contribution in [2.75, 3.05) is 13.1 Å². The molecule has 1 saturated heterocycles. The molecule has 0 spiro atoms. The lowest BCUT2D eigenvalue weighted by Crippen LogP contribution is -2.27. The van der Waals surface area contributed by atoms with Crippen LogP contribution in [0.5, 0.6) is 0 Å². The second-order valence-electron chi connectivity index (χ2n) is 5.66. The second kappa shape index (κ2) is 5.77. The minimum atomic E-state index is 0.570. The van der Waals surface area contributed by atoms with Crippen LogP contribution in [0.1, 0.15) is 19.0 Å². The highest BCUT2D eigenvalue weighted by Crippen LogP contribution is 2.25. The van der Waals surface area contributed by atoms with Gasteiger partial charge >= 0.3 is 0 Å². The van der Waals surface area contributed by atoms with Crippen LogP contribution < -0.4 is 5.73 Å². The van der Waals surface area contributed by atoms with Crippen LogP contribution in [0.3, 0.4) is 0 Å². The van der Waals surface area contributed by atoms with Crippen LogP contribution in [-0.2, 0) is 6.54 Å². The Labute approximate surface area is 119 Å². The van der Waals surface area contributed by atoms with E-state index in [1.807, 2.05) is 36.4 Å². The Hall–Kier alpha value is -1.65. The van der Waals surface area contributed by atoms with Crippen molar-refractivity contribution < 1.29 is 4.52 Å². The van der Waals surface area contributed by atoms with Crippen molar-refractivity contribution in [1.29, 1.82) is 0 Å². The highest BCUT2D eigenvalue weighted by Gasteiger charge is 2.28. The van der Waals surface area contributed by atoms with Gasteiger partial charge in [-0.2, -0.15) is 0 Å². The molecule has 0 radical (unpaired) electrons. The fourth-order valence-corrected chi connectivity index (χ4v) is 2.94. The number of aromatic nitrogens is 1. The lowest BCUT2D eigenvalue weighted by Gasteiger charge is -2.19. The molecule has 2 aromatic rings. The smallest absolute Gasteiger partial charge is 0.167 e. The maximum absolute atomic E-state index is 5.77. The van der Waals surface area contributed by atoms with Gasteiger partial charge in [-0.05, 0) is 25.8 Å². The molecule has 2 unspecified atom stereocenters. The average Bonchev–Trinajstić information content (AvgIpc) is 3.08. The lowest BCUT2D eigenvalue weighted by atomic mass is 10.1. The fraction of sp³-hybridized carbons (Fsp3) is 0.438. The number of nitrogens with zero attached hydrogens (tertiary/aromatic N) is 2. The van der Waals surface area contributed by atoms with Gasteiger partial charge in [-0.1, -0.05) is 35.5 Å². The molecule has 0 amide bonds. The Morgan fingerprint density at radius 2 is 2.15 bits per heavy atom. The van der Waals surface area contributed by atoms with E-state index in [0.29, 0.717) is 12.0 Å². The van der Waals surface area contributed by atoms with Crippen LogP contribution >= 0.6 is 0 Å². The molecule has 4 nitrogen and oxygen atoms in total. The molecular formula is C16H21N3O. The summed E-state index contributed by atoms with van der Waals surface area (Å²) in [5.41, 5.74) is 7.83. The quantitative estimate of drug-likeness (QED) is 0.928. The first-order chi connectivity index (χ1) is 9.76. The van der Waals surface area contributed by atoms with Crippen LogP contribution in [0, 0.1) is 5.92 Å². The third-order valence-corrected chi connectivity index (χ3v) is 4.11. The standard InChI is InChI=1S/C16H21N3O/c1-12-7-13(9-17)10-19(12)11-15-8-16(20-18-15)14-5-3-2-4-6-14/h2-6,8,12-13H,7,9-11,17H2,1H3. The van der Waals surface area contributed by atoms with Gasteiger partial charge in [0, 0.05) is 30.8 Å². The van der Waals surface area contributed by atoms with Crippen molar-refractivity contribution in [2.45, 2.75) is 25.9 Å². The topological polar surface area (TPSA) is 55.3 Å². The van der Waals surface area contributed by atoms with Crippen LogP contribution in [0.4, 0.5) is 0 Å². The number of hydrogen-bond donors (Lipinski definition) is 1. The van der Waals surface area contributed by atoms with E-state index in [1.54, 1.807) is 0 Å². The monoisotopic (exact) mass is 271 g/mol. The Morgan fingerprint density at radius 1 is 1.35 bits per heavy atom. The Morgan fingerprint density at radius 3 is 2.85 bits per heavy atom. The van der Waals surface area contributed by atoms with E-state index in [2.05, 4.69) is 17.0 Å². The van der Waals surface area contributed by atoms with E-state index in [1.165, 1.54) is 6.42 Å². The van der Waals surface area contributed by atoms with Crippen molar-refractivity contribution in [2.24, 2.45) is 11.7 Å². The van der Waals surface area contributed by atoms with Gasteiger partial charge in [0.05, 0.1) is 5.69 Å². The van der Waals surface area contributed by atoms with E-state index >= 15 is 0 Å². The molecule has 1 aromatic heterocycles. The highest BCUT2D eigenvalue weighted by molar-refractivity contribution is 5.56. The van der Waals surface area contributed by atoms with E-state index in [9.17, 15) is 0 Å². The summed E-state index contributed by atoms with van der Waals surface area (Å²) >= 11 is 0. The molecule has 20 heavy (non-hydrogen) atoms. The summed E-state index contributed by atoms with van der Waals surface area (Å²) in [6, 6.07) is 12.7. The Kier molecular flexibility index (Phi) is 3.85. The van der Waals surface area contributed by atoms with Crippen LogP contribution in [0.15, 0.2) is 40.9 Å². The molecule has 1 aliphatic heterocycles. The zero-order valence-corrected chi connectivity index (χ0v) is 11.8. The number of benzene rings is 1. The van der Waals surface area contributed by atoms with Gasteiger partial charge in [0.1, 0.15) is 0 Å². The Balaban J connectivity index is 1.69. The summed E-state index contributed by atoms with van der Waals surface area (Å²) in [6.07, 6.45) is 1.18. The van der Waals surface area contributed by atoms with Crippen molar-refractivity contribution in [1.82, 2.24) is 10.1 Å². The first-order valence-electron chi connectivity index (χ1n) is 7.21. The van der Waals surface area contributed by atoms with E-state index < -0.39 is 0 Å². The Bertz CT molecular complexity index is 552. The summed E-state index contributed by atoms with van der Waals surface area (Å²) in [5, 5.41) is 4.19. The fourth-order valence-electron chi connectivity index (χ4n) is 2.94. The third kappa shape index (κ3) is 2.76. The SMILES string of the molecule is CC1CC(CN)CN1Cc1cc(-c2ccccc2)on1. The molecular weight excluding hydrogens is 250 g/mol. The van der Waals surface area contributed by atoms with Crippen molar-refractivity contribution in [3.63, 3.8) is 0 Å². The first-order valence-corrected chi connectivity index (χ1v) is 7.21. The summed E-state index contributed by atoms with van der Waals surface area (Å²) in [6.45, 7) is 4.93. The zero-order chi connectivity index (χ0) is 13.9. The third-order valence-electron chi connectivity index (χ3n) is 4.11. The largest absolute Gasteiger partial charge is 0.356 e. The summed E-state index contributed by atoms with van der Waals surface area (Å²) in [5.74, 6) is 1.45. The first kappa shape index (κ1) is 13.3. The van der Waals surface area contributed by atoms with Crippen LogP contribution in [-0.4, -0.2) is 29.2 Å². The van der Waals surface area contributed by atoms with Gasteiger partial charge in [-0.15, -0.1) is 0 Å². The molecule has 0 aliphatic carbocycles. The average molecular weight is 271 g/mol. The van der Waals surface area contributed by atoms with Crippen molar-refractivity contribution in [3.05, 3.63) is 42.1 Å². The molecule has 1 aliphatic rings. The number of likely N-dealkylation sites (tertiary alicyclic amines) is 1. The molecule has 1 fully saturated rings. The van der Waals surface area contributed by atoms with Gasteiger partial charge < -0.3 is 10.3 Å². The molecule has 0 saturated carbocycles. The van der Waals surface area contributed by atoms with Crippen LogP contribution in [0.25, 0.3) is 11.3 Å². The highest BCUT2D eigenvalue weighted by atomic mass is 16.5. The van der Waals surface area contributed by atoms with Gasteiger partial charge in [0.15, 0.2) is 5.76 Å².